The zero-order valence-corrected chi connectivity index (χ0v) is 16.5. The number of benzene rings is 3. The fourth-order valence-electron chi connectivity index (χ4n) is 3.18. The SMILES string of the molecule is COc1ccc(C(=O)Nc2ccc(-c3cc4ccccc4oc3=O)cc2)cc1OC. The van der Waals surface area contributed by atoms with Crippen molar-refractivity contribution < 1.29 is 18.7 Å². The molecule has 4 aromatic rings. The predicted molar refractivity (Wildman–Crippen MR) is 115 cm³/mol. The lowest BCUT2D eigenvalue weighted by Gasteiger charge is -2.10. The van der Waals surface area contributed by atoms with Gasteiger partial charge in [-0.25, -0.2) is 4.79 Å². The fourth-order valence-corrected chi connectivity index (χ4v) is 3.18. The van der Waals surface area contributed by atoms with E-state index in [-0.39, 0.29) is 5.91 Å². The molecule has 150 valence electrons. The normalized spacial score (nSPS) is 10.6. The number of ether oxygens (including phenoxy) is 2. The van der Waals surface area contributed by atoms with Crippen molar-refractivity contribution in [2.75, 3.05) is 19.5 Å². The van der Waals surface area contributed by atoms with E-state index >= 15 is 0 Å². The van der Waals surface area contributed by atoms with Crippen LogP contribution in [0.5, 0.6) is 11.5 Å². The number of hydrogen-bond donors (Lipinski definition) is 1. The molecule has 0 unspecified atom stereocenters. The molecule has 0 bridgehead atoms. The molecule has 1 heterocycles. The molecular weight excluding hydrogens is 382 g/mol. The Labute approximate surface area is 172 Å². The molecule has 1 amide bonds. The second-order valence-corrected chi connectivity index (χ2v) is 6.59. The minimum absolute atomic E-state index is 0.283. The molecule has 0 aliphatic carbocycles. The van der Waals surface area contributed by atoms with Crippen LogP contribution in [-0.4, -0.2) is 20.1 Å². The number of carbonyl (C=O) groups is 1. The molecule has 1 aromatic heterocycles. The topological polar surface area (TPSA) is 77.8 Å². The first-order valence-corrected chi connectivity index (χ1v) is 9.26. The second kappa shape index (κ2) is 8.13. The van der Waals surface area contributed by atoms with Gasteiger partial charge in [0.1, 0.15) is 5.58 Å². The molecule has 30 heavy (non-hydrogen) atoms. The highest BCUT2D eigenvalue weighted by molar-refractivity contribution is 6.04. The van der Waals surface area contributed by atoms with Gasteiger partial charge in [-0.05, 0) is 48.0 Å². The van der Waals surface area contributed by atoms with E-state index in [1.807, 2.05) is 18.2 Å². The van der Waals surface area contributed by atoms with Gasteiger partial charge in [0.2, 0.25) is 0 Å². The number of rotatable bonds is 5. The molecule has 0 aliphatic heterocycles. The van der Waals surface area contributed by atoms with Crippen LogP contribution in [0, 0.1) is 0 Å². The number of fused-ring (bicyclic) bond motifs is 1. The molecule has 0 spiro atoms. The Morgan fingerprint density at radius 2 is 1.60 bits per heavy atom. The highest BCUT2D eigenvalue weighted by Gasteiger charge is 2.12. The van der Waals surface area contributed by atoms with Crippen LogP contribution in [-0.2, 0) is 0 Å². The molecule has 0 aliphatic rings. The fraction of sp³-hybridized carbons (Fsp3) is 0.0833. The van der Waals surface area contributed by atoms with E-state index in [2.05, 4.69) is 5.32 Å². The van der Waals surface area contributed by atoms with Gasteiger partial charge in [0, 0.05) is 16.6 Å². The third-order valence-corrected chi connectivity index (χ3v) is 4.74. The van der Waals surface area contributed by atoms with Crippen LogP contribution < -0.4 is 20.4 Å². The van der Waals surface area contributed by atoms with Crippen molar-refractivity contribution in [1.29, 1.82) is 0 Å². The maximum Gasteiger partial charge on any atom is 0.344 e. The summed E-state index contributed by atoms with van der Waals surface area (Å²) in [6.07, 6.45) is 0. The third-order valence-electron chi connectivity index (χ3n) is 4.74. The molecular formula is C24H19NO5. The first-order chi connectivity index (χ1) is 14.6. The van der Waals surface area contributed by atoms with Gasteiger partial charge in [-0.3, -0.25) is 4.79 Å². The maximum absolute atomic E-state index is 12.6. The van der Waals surface area contributed by atoms with Gasteiger partial charge >= 0.3 is 5.63 Å². The van der Waals surface area contributed by atoms with Crippen LogP contribution in [0.3, 0.4) is 0 Å². The van der Waals surface area contributed by atoms with Crippen LogP contribution >= 0.6 is 0 Å². The van der Waals surface area contributed by atoms with Crippen molar-refractivity contribution in [2.45, 2.75) is 0 Å². The smallest absolute Gasteiger partial charge is 0.344 e. The molecule has 4 rings (SSSR count). The van der Waals surface area contributed by atoms with Gasteiger partial charge in [-0.15, -0.1) is 0 Å². The Kier molecular flexibility index (Phi) is 5.22. The summed E-state index contributed by atoms with van der Waals surface area (Å²) in [7, 11) is 3.05. The average molecular weight is 401 g/mol. The lowest BCUT2D eigenvalue weighted by Crippen LogP contribution is -2.12. The van der Waals surface area contributed by atoms with Crippen LogP contribution in [0.4, 0.5) is 5.69 Å². The monoisotopic (exact) mass is 401 g/mol. The summed E-state index contributed by atoms with van der Waals surface area (Å²) in [5, 5.41) is 3.68. The highest BCUT2D eigenvalue weighted by atomic mass is 16.5. The molecule has 1 N–H and O–H groups in total. The van der Waals surface area contributed by atoms with Crippen molar-refractivity contribution in [3.63, 3.8) is 0 Å². The Balaban J connectivity index is 1.56. The summed E-state index contributed by atoms with van der Waals surface area (Å²) in [6, 6.07) is 21.1. The van der Waals surface area contributed by atoms with E-state index in [9.17, 15) is 9.59 Å². The van der Waals surface area contributed by atoms with Crippen molar-refractivity contribution >= 4 is 22.6 Å². The molecule has 3 aromatic carbocycles. The van der Waals surface area contributed by atoms with E-state index in [1.54, 1.807) is 54.6 Å². The Morgan fingerprint density at radius 1 is 0.867 bits per heavy atom. The van der Waals surface area contributed by atoms with Crippen LogP contribution in [0.2, 0.25) is 0 Å². The van der Waals surface area contributed by atoms with Gasteiger partial charge in [0.05, 0.1) is 19.8 Å². The molecule has 6 heteroatoms. The number of para-hydroxylation sites is 1. The standard InChI is InChI=1S/C24H19NO5/c1-28-21-12-9-17(14-22(21)29-2)23(26)25-18-10-7-15(8-11-18)19-13-16-5-3-4-6-20(16)30-24(19)27/h3-14H,1-2H3,(H,25,26). The summed E-state index contributed by atoms with van der Waals surface area (Å²) in [5.41, 5.74) is 2.35. The molecule has 6 nitrogen and oxygen atoms in total. The summed E-state index contributed by atoms with van der Waals surface area (Å²) < 4.78 is 15.8. The molecule has 0 fully saturated rings. The molecule has 0 saturated carbocycles. The van der Waals surface area contributed by atoms with Gasteiger partial charge in [-0.1, -0.05) is 30.3 Å². The minimum Gasteiger partial charge on any atom is -0.493 e. The lowest BCUT2D eigenvalue weighted by atomic mass is 10.1. The summed E-state index contributed by atoms with van der Waals surface area (Å²) in [6.45, 7) is 0. The van der Waals surface area contributed by atoms with E-state index < -0.39 is 5.63 Å². The van der Waals surface area contributed by atoms with Crippen molar-refractivity contribution in [2.24, 2.45) is 0 Å². The zero-order valence-electron chi connectivity index (χ0n) is 16.5. The first-order valence-electron chi connectivity index (χ1n) is 9.26. The summed E-state index contributed by atoms with van der Waals surface area (Å²) >= 11 is 0. The molecule has 0 saturated heterocycles. The van der Waals surface area contributed by atoms with E-state index in [0.717, 1.165) is 5.39 Å². The van der Waals surface area contributed by atoms with Gasteiger partial charge in [-0.2, -0.15) is 0 Å². The van der Waals surface area contributed by atoms with Gasteiger partial charge in [0.15, 0.2) is 11.5 Å². The van der Waals surface area contributed by atoms with E-state index in [4.69, 9.17) is 13.9 Å². The Morgan fingerprint density at radius 3 is 2.33 bits per heavy atom. The number of nitrogens with one attached hydrogen (secondary N) is 1. The number of methoxy groups -OCH3 is 2. The van der Waals surface area contributed by atoms with Gasteiger partial charge < -0.3 is 19.2 Å². The Bertz CT molecular complexity index is 1280. The number of hydrogen-bond acceptors (Lipinski definition) is 5. The number of carbonyl (C=O) groups excluding carboxylic acids is 1. The number of amides is 1. The minimum atomic E-state index is -0.407. The van der Waals surface area contributed by atoms with E-state index in [0.29, 0.717) is 39.5 Å². The van der Waals surface area contributed by atoms with Crippen LogP contribution in [0.1, 0.15) is 10.4 Å². The van der Waals surface area contributed by atoms with E-state index in [1.165, 1.54) is 14.2 Å². The predicted octanol–water partition coefficient (Wildman–Crippen LogP) is 4.73. The second-order valence-electron chi connectivity index (χ2n) is 6.59. The molecule has 0 radical (unpaired) electrons. The largest absolute Gasteiger partial charge is 0.493 e. The van der Waals surface area contributed by atoms with Crippen LogP contribution in [0.15, 0.2) is 82.0 Å². The highest BCUT2D eigenvalue weighted by Crippen LogP contribution is 2.28. The third kappa shape index (κ3) is 3.75. The quantitative estimate of drug-likeness (QED) is 0.489. The average Bonchev–Trinajstić information content (AvgIpc) is 2.78. The first kappa shape index (κ1) is 19.3. The lowest BCUT2D eigenvalue weighted by molar-refractivity contribution is 0.102. The van der Waals surface area contributed by atoms with Crippen LogP contribution in [0.25, 0.3) is 22.1 Å². The Hall–Kier alpha value is -4.06. The summed E-state index contributed by atoms with van der Waals surface area (Å²) in [5.74, 6) is 0.741. The summed E-state index contributed by atoms with van der Waals surface area (Å²) in [4.78, 5) is 24.9. The van der Waals surface area contributed by atoms with Crippen molar-refractivity contribution in [3.8, 4) is 22.6 Å². The van der Waals surface area contributed by atoms with Gasteiger partial charge in [0.25, 0.3) is 5.91 Å². The number of anilines is 1. The maximum atomic E-state index is 12.6. The van der Waals surface area contributed by atoms with Crippen molar-refractivity contribution in [3.05, 3.63) is 88.8 Å². The molecule has 0 atom stereocenters. The van der Waals surface area contributed by atoms with Crippen molar-refractivity contribution in [1.82, 2.24) is 0 Å². The zero-order chi connectivity index (χ0) is 21.1.